The van der Waals surface area contributed by atoms with E-state index in [2.05, 4.69) is 34.3 Å². The van der Waals surface area contributed by atoms with E-state index in [0.29, 0.717) is 24.2 Å². The Morgan fingerprint density at radius 3 is 2.30 bits per heavy atom. The van der Waals surface area contributed by atoms with Crippen LogP contribution in [-0.4, -0.2) is 27.2 Å². The molecule has 208 valence electrons. The number of benzene rings is 2. The van der Waals surface area contributed by atoms with Crippen LogP contribution in [0.15, 0.2) is 60.9 Å². The minimum Gasteiger partial charge on any atom is -0.334 e. The van der Waals surface area contributed by atoms with Crippen molar-refractivity contribution in [2.45, 2.75) is 60.0 Å². The summed E-state index contributed by atoms with van der Waals surface area (Å²) in [6, 6.07) is 13.4. The van der Waals surface area contributed by atoms with E-state index >= 15 is 0 Å². The second-order valence-corrected chi connectivity index (χ2v) is 11.0. The Morgan fingerprint density at radius 1 is 0.925 bits per heavy atom. The molecule has 2 heterocycles. The highest BCUT2D eigenvalue weighted by Crippen LogP contribution is 2.26. The van der Waals surface area contributed by atoms with E-state index in [4.69, 9.17) is 0 Å². The summed E-state index contributed by atoms with van der Waals surface area (Å²) in [4.78, 5) is 34.8. The maximum atomic E-state index is 13.9. The second kappa shape index (κ2) is 12.3. The molecule has 6 nitrogen and oxygen atoms in total. The Kier molecular flexibility index (Phi) is 8.87. The number of hydrogen-bond donors (Lipinski definition) is 1. The number of carbonyl (C=O) groups excluding carboxylic acids is 2. The number of amides is 2. The molecule has 0 radical (unpaired) electrons. The molecule has 0 saturated carbocycles. The second-order valence-electron chi connectivity index (χ2n) is 11.0. The third kappa shape index (κ3) is 7.05. The van der Waals surface area contributed by atoms with Gasteiger partial charge >= 0.3 is 0 Å². The van der Waals surface area contributed by atoms with Crippen molar-refractivity contribution >= 4 is 29.0 Å². The fourth-order valence-electron chi connectivity index (χ4n) is 4.87. The molecule has 1 N–H and O–H groups in total. The molecule has 0 atom stereocenters. The van der Waals surface area contributed by atoms with Crippen LogP contribution in [0.25, 0.3) is 10.9 Å². The molecule has 40 heavy (non-hydrogen) atoms. The zero-order chi connectivity index (χ0) is 28.9. The van der Waals surface area contributed by atoms with Crippen molar-refractivity contribution in [2.24, 2.45) is 5.41 Å². The van der Waals surface area contributed by atoms with E-state index in [9.17, 15) is 18.4 Å². The first-order chi connectivity index (χ1) is 19.1. The number of aromatic nitrogens is 2. The monoisotopic (exact) mass is 544 g/mol. The number of fused-ring (bicyclic) bond motifs is 1. The van der Waals surface area contributed by atoms with Gasteiger partial charge in [-0.3, -0.25) is 14.6 Å². The number of anilines is 1. The average Bonchev–Trinajstić information content (AvgIpc) is 2.90. The van der Waals surface area contributed by atoms with Crippen LogP contribution in [0.1, 0.15) is 55.5 Å². The van der Waals surface area contributed by atoms with Crippen LogP contribution in [0.2, 0.25) is 0 Å². The van der Waals surface area contributed by atoms with Crippen LogP contribution in [0.5, 0.6) is 0 Å². The summed E-state index contributed by atoms with van der Waals surface area (Å²) < 4.78 is 27.7. The number of aryl methyl sites for hydroxylation is 3. The lowest BCUT2D eigenvalue weighted by Crippen LogP contribution is -2.38. The zero-order valence-electron chi connectivity index (χ0n) is 23.3. The number of hydrogen-bond acceptors (Lipinski definition) is 4. The summed E-state index contributed by atoms with van der Waals surface area (Å²) in [5.41, 5.74) is 4.71. The van der Waals surface area contributed by atoms with E-state index in [-0.39, 0.29) is 19.0 Å². The minimum atomic E-state index is -0.677. The number of halogens is 2. The normalized spacial score (nSPS) is 11.4. The lowest BCUT2D eigenvalue weighted by Gasteiger charge is -2.30. The molecule has 0 spiro atoms. The smallest absolute Gasteiger partial charge is 0.228 e. The summed E-state index contributed by atoms with van der Waals surface area (Å²) in [7, 11) is 0. The summed E-state index contributed by atoms with van der Waals surface area (Å²) in [5.74, 6) is -0.923. The Balaban J connectivity index is 1.63. The van der Waals surface area contributed by atoms with Crippen molar-refractivity contribution < 1.29 is 18.4 Å². The van der Waals surface area contributed by atoms with Crippen LogP contribution in [0.4, 0.5) is 14.6 Å². The Hall–Kier alpha value is -4.20. The SMILES string of the molecule is CCc1cc2ncc(CN(Cc3cc(F)cc(F)c3)C(=O)C(C)(C)C)cc2cc1CCc1cccnc1NC=O. The maximum Gasteiger partial charge on any atom is 0.228 e. The van der Waals surface area contributed by atoms with E-state index in [1.165, 1.54) is 23.3 Å². The van der Waals surface area contributed by atoms with Crippen molar-refractivity contribution in [1.29, 1.82) is 0 Å². The number of rotatable bonds is 10. The number of nitrogens with zero attached hydrogens (tertiary/aromatic N) is 3. The summed E-state index contributed by atoms with van der Waals surface area (Å²) in [5, 5.41) is 3.61. The maximum absolute atomic E-state index is 13.9. The molecule has 0 aliphatic heterocycles. The predicted octanol–water partition coefficient (Wildman–Crippen LogP) is 6.40. The van der Waals surface area contributed by atoms with Crippen LogP contribution in [-0.2, 0) is 41.9 Å². The highest BCUT2D eigenvalue weighted by atomic mass is 19.1. The lowest BCUT2D eigenvalue weighted by atomic mass is 9.94. The number of pyridine rings is 2. The van der Waals surface area contributed by atoms with Crippen LogP contribution < -0.4 is 5.32 Å². The van der Waals surface area contributed by atoms with Crippen LogP contribution >= 0.6 is 0 Å². The van der Waals surface area contributed by atoms with E-state index < -0.39 is 17.0 Å². The first-order valence-electron chi connectivity index (χ1n) is 13.4. The van der Waals surface area contributed by atoms with Gasteiger partial charge in [0.1, 0.15) is 17.5 Å². The quantitative estimate of drug-likeness (QED) is 0.235. The molecule has 2 amide bonds. The van der Waals surface area contributed by atoms with Crippen molar-refractivity contribution in [3.63, 3.8) is 0 Å². The minimum absolute atomic E-state index is 0.0745. The molecule has 4 aromatic rings. The summed E-state index contributed by atoms with van der Waals surface area (Å²) in [6.45, 7) is 7.90. The Morgan fingerprint density at radius 2 is 1.62 bits per heavy atom. The van der Waals surface area contributed by atoms with Crippen LogP contribution in [0.3, 0.4) is 0 Å². The van der Waals surface area contributed by atoms with Gasteiger partial charge in [0.05, 0.1) is 5.52 Å². The third-order valence-electron chi connectivity index (χ3n) is 6.79. The van der Waals surface area contributed by atoms with Gasteiger partial charge in [-0.2, -0.15) is 0 Å². The Bertz CT molecular complexity index is 1510. The fraction of sp³-hybridized carbons (Fsp3) is 0.312. The standard InChI is InChI=1S/C32H34F2N4O2/c1-5-23-15-29-26(14-25(23)9-8-24-7-6-10-35-30(24)37-20-39)11-22(17-36-29)19-38(31(40)32(2,3)4)18-21-12-27(33)16-28(34)13-21/h6-7,10-17,20H,5,8-9,18-19H2,1-4H3,(H,35,37,39). The van der Waals surface area contributed by atoms with Gasteiger partial charge in [0, 0.05) is 42.4 Å². The van der Waals surface area contributed by atoms with Gasteiger partial charge in [0.15, 0.2) is 0 Å². The van der Waals surface area contributed by atoms with Crippen LogP contribution in [0, 0.1) is 17.0 Å². The van der Waals surface area contributed by atoms with Gasteiger partial charge in [0.25, 0.3) is 0 Å². The summed E-state index contributed by atoms with van der Waals surface area (Å²) in [6.07, 6.45) is 6.33. The van der Waals surface area contributed by atoms with Gasteiger partial charge in [-0.15, -0.1) is 0 Å². The molecule has 8 heteroatoms. The number of nitrogens with one attached hydrogen (secondary N) is 1. The molecule has 4 rings (SSSR count). The summed E-state index contributed by atoms with van der Waals surface area (Å²) >= 11 is 0. The first-order valence-corrected chi connectivity index (χ1v) is 13.4. The number of carbonyl (C=O) groups is 2. The molecule has 0 saturated heterocycles. The molecule has 0 aliphatic carbocycles. The lowest BCUT2D eigenvalue weighted by molar-refractivity contribution is -0.140. The van der Waals surface area contributed by atoms with Gasteiger partial charge in [-0.05, 0) is 83.5 Å². The molecule has 0 unspecified atom stereocenters. The average molecular weight is 545 g/mol. The predicted molar refractivity (Wildman–Crippen MR) is 153 cm³/mol. The molecular weight excluding hydrogens is 510 g/mol. The van der Waals surface area contributed by atoms with E-state index in [1.807, 2.05) is 39.0 Å². The fourth-order valence-corrected chi connectivity index (χ4v) is 4.87. The largest absolute Gasteiger partial charge is 0.334 e. The molecule has 2 aromatic carbocycles. The molecule has 0 bridgehead atoms. The topological polar surface area (TPSA) is 75.2 Å². The van der Waals surface area contributed by atoms with Gasteiger partial charge < -0.3 is 10.2 Å². The molecule has 2 aromatic heterocycles. The van der Waals surface area contributed by atoms with Crippen molar-refractivity contribution in [3.05, 3.63) is 100 Å². The van der Waals surface area contributed by atoms with Crippen molar-refractivity contribution in [1.82, 2.24) is 14.9 Å². The van der Waals surface area contributed by atoms with Gasteiger partial charge in [0.2, 0.25) is 12.3 Å². The third-order valence-corrected chi connectivity index (χ3v) is 6.79. The van der Waals surface area contributed by atoms with E-state index in [0.717, 1.165) is 40.9 Å². The highest BCUT2D eigenvalue weighted by molar-refractivity contribution is 5.83. The van der Waals surface area contributed by atoms with Crippen molar-refractivity contribution in [3.8, 4) is 0 Å². The molecular formula is C32H34F2N4O2. The molecule has 0 fully saturated rings. The Labute approximate surface area is 233 Å². The highest BCUT2D eigenvalue weighted by Gasteiger charge is 2.28. The first kappa shape index (κ1) is 28.8. The molecule has 0 aliphatic rings. The van der Waals surface area contributed by atoms with Gasteiger partial charge in [-0.1, -0.05) is 33.8 Å². The van der Waals surface area contributed by atoms with E-state index in [1.54, 1.807) is 17.3 Å². The van der Waals surface area contributed by atoms with Crippen molar-refractivity contribution in [2.75, 3.05) is 5.32 Å². The van der Waals surface area contributed by atoms with Gasteiger partial charge in [-0.25, -0.2) is 13.8 Å². The zero-order valence-corrected chi connectivity index (χ0v) is 23.3.